The van der Waals surface area contributed by atoms with Crippen molar-refractivity contribution in [2.24, 2.45) is 0 Å². The lowest BCUT2D eigenvalue weighted by molar-refractivity contribution is 0.575. The van der Waals surface area contributed by atoms with Crippen molar-refractivity contribution in [3.05, 3.63) is 64.6 Å². The van der Waals surface area contributed by atoms with Gasteiger partial charge in [-0.2, -0.15) is 5.10 Å². The molecule has 110 valence electrons. The van der Waals surface area contributed by atoms with E-state index in [1.807, 2.05) is 0 Å². The lowest BCUT2D eigenvalue weighted by Gasteiger charge is -2.05. The first-order valence-electron chi connectivity index (χ1n) is 6.14. The van der Waals surface area contributed by atoms with Crippen LogP contribution in [0.4, 0.5) is 13.2 Å². The standard InChI is InChI=1S/C15H7BrF3N3/c16-11-3-8(1-2-12(11)18)9-4-14(22-21-6-9)15-13(19)5-10(17)7-20-15/h1-7H. The molecule has 0 amide bonds. The van der Waals surface area contributed by atoms with Gasteiger partial charge < -0.3 is 0 Å². The molecule has 2 heterocycles. The van der Waals surface area contributed by atoms with Gasteiger partial charge in [0.05, 0.1) is 16.9 Å². The zero-order valence-electron chi connectivity index (χ0n) is 10.9. The summed E-state index contributed by atoms with van der Waals surface area (Å²) in [5.74, 6) is -1.99. The molecule has 22 heavy (non-hydrogen) atoms. The highest BCUT2D eigenvalue weighted by Crippen LogP contribution is 2.27. The number of aromatic nitrogens is 3. The molecule has 1 aromatic carbocycles. The van der Waals surface area contributed by atoms with Crippen molar-refractivity contribution >= 4 is 15.9 Å². The maximum atomic E-state index is 13.8. The van der Waals surface area contributed by atoms with Gasteiger partial charge in [-0.3, -0.25) is 0 Å². The van der Waals surface area contributed by atoms with Crippen LogP contribution >= 0.6 is 15.9 Å². The average molecular weight is 366 g/mol. The van der Waals surface area contributed by atoms with Crippen LogP contribution in [0.25, 0.3) is 22.5 Å². The first-order chi connectivity index (χ1) is 10.5. The number of hydrogen-bond acceptors (Lipinski definition) is 3. The van der Waals surface area contributed by atoms with Crippen LogP contribution in [-0.2, 0) is 0 Å². The second-order valence-electron chi connectivity index (χ2n) is 4.44. The van der Waals surface area contributed by atoms with Crippen molar-refractivity contribution in [2.75, 3.05) is 0 Å². The SMILES string of the molecule is Fc1cnc(-c2cc(-c3ccc(F)c(Br)c3)cnn2)c(F)c1. The zero-order valence-corrected chi connectivity index (χ0v) is 12.5. The van der Waals surface area contributed by atoms with Crippen LogP contribution in [0.15, 0.2) is 47.2 Å². The molecule has 0 aliphatic heterocycles. The smallest absolute Gasteiger partial charge is 0.154 e. The molecule has 0 bridgehead atoms. The van der Waals surface area contributed by atoms with Gasteiger partial charge in [0.25, 0.3) is 0 Å². The van der Waals surface area contributed by atoms with Crippen LogP contribution < -0.4 is 0 Å². The Labute approximate surface area is 132 Å². The lowest BCUT2D eigenvalue weighted by atomic mass is 10.1. The van der Waals surface area contributed by atoms with Crippen molar-refractivity contribution in [3.63, 3.8) is 0 Å². The highest BCUT2D eigenvalue weighted by molar-refractivity contribution is 9.10. The molecular formula is C15H7BrF3N3. The number of benzene rings is 1. The monoisotopic (exact) mass is 365 g/mol. The number of nitrogens with zero attached hydrogens (tertiary/aromatic N) is 3. The quantitative estimate of drug-likeness (QED) is 0.676. The Morgan fingerprint density at radius 2 is 1.68 bits per heavy atom. The highest BCUT2D eigenvalue weighted by Gasteiger charge is 2.12. The van der Waals surface area contributed by atoms with Crippen LogP contribution in [0, 0.1) is 17.5 Å². The summed E-state index contributed by atoms with van der Waals surface area (Å²) in [5.41, 5.74) is 1.34. The molecule has 0 saturated heterocycles. The Hall–Kier alpha value is -2.28. The Morgan fingerprint density at radius 1 is 0.864 bits per heavy atom. The molecule has 3 rings (SSSR count). The molecule has 0 atom stereocenters. The molecule has 0 fully saturated rings. The van der Waals surface area contributed by atoms with Gasteiger partial charge >= 0.3 is 0 Å². The third-order valence-corrected chi connectivity index (χ3v) is 3.57. The van der Waals surface area contributed by atoms with E-state index in [4.69, 9.17) is 0 Å². The van der Waals surface area contributed by atoms with Crippen molar-refractivity contribution in [1.29, 1.82) is 0 Å². The van der Waals surface area contributed by atoms with Crippen LogP contribution in [-0.4, -0.2) is 15.2 Å². The largest absolute Gasteiger partial charge is 0.248 e. The molecule has 0 spiro atoms. The normalized spacial score (nSPS) is 10.7. The third kappa shape index (κ3) is 2.85. The van der Waals surface area contributed by atoms with Gasteiger partial charge in [0.15, 0.2) is 5.82 Å². The molecular weight excluding hydrogens is 359 g/mol. The van der Waals surface area contributed by atoms with Gasteiger partial charge in [-0.15, -0.1) is 5.10 Å². The predicted molar refractivity (Wildman–Crippen MR) is 78.3 cm³/mol. The Balaban J connectivity index is 2.07. The van der Waals surface area contributed by atoms with Crippen molar-refractivity contribution < 1.29 is 13.2 Å². The fourth-order valence-corrected chi connectivity index (χ4v) is 2.30. The van der Waals surface area contributed by atoms with E-state index in [0.29, 0.717) is 15.6 Å². The fraction of sp³-hybridized carbons (Fsp3) is 0. The summed E-state index contributed by atoms with van der Waals surface area (Å²) in [4.78, 5) is 3.69. The van der Waals surface area contributed by atoms with Crippen molar-refractivity contribution in [2.45, 2.75) is 0 Å². The summed E-state index contributed by atoms with van der Waals surface area (Å²) >= 11 is 3.10. The Bertz CT molecular complexity index is 855. The van der Waals surface area contributed by atoms with Crippen LogP contribution in [0.1, 0.15) is 0 Å². The summed E-state index contributed by atoms with van der Waals surface area (Å²) in [5, 5.41) is 7.60. The maximum absolute atomic E-state index is 13.8. The van der Waals surface area contributed by atoms with Crippen LogP contribution in [0.5, 0.6) is 0 Å². The second kappa shape index (κ2) is 5.84. The molecule has 0 aliphatic rings. The summed E-state index contributed by atoms with van der Waals surface area (Å²) < 4.78 is 40.3. The second-order valence-corrected chi connectivity index (χ2v) is 5.30. The number of rotatable bonds is 2. The number of halogens is 4. The number of hydrogen-bond donors (Lipinski definition) is 0. The molecule has 0 radical (unpaired) electrons. The summed E-state index contributed by atoms with van der Waals surface area (Å²) in [6.45, 7) is 0. The topological polar surface area (TPSA) is 38.7 Å². The molecule has 7 heteroatoms. The van der Waals surface area contributed by atoms with Gasteiger partial charge in [-0.25, -0.2) is 18.2 Å². The van der Waals surface area contributed by atoms with E-state index in [0.717, 1.165) is 12.3 Å². The lowest BCUT2D eigenvalue weighted by Crippen LogP contribution is -1.96. The third-order valence-electron chi connectivity index (χ3n) is 2.96. The summed E-state index contributed by atoms with van der Waals surface area (Å²) in [6, 6.07) is 6.72. The van der Waals surface area contributed by atoms with E-state index < -0.39 is 17.5 Å². The predicted octanol–water partition coefficient (Wildman–Crippen LogP) is 4.39. The van der Waals surface area contributed by atoms with Gasteiger partial charge in [0, 0.05) is 11.6 Å². The minimum absolute atomic E-state index is 0.100. The van der Waals surface area contributed by atoms with Crippen LogP contribution in [0.2, 0.25) is 0 Å². The first-order valence-corrected chi connectivity index (χ1v) is 6.93. The summed E-state index contributed by atoms with van der Waals surface area (Å²) in [6.07, 6.45) is 2.37. The van der Waals surface area contributed by atoms with E-state index in [1.54, 1.807) is 18.2 Å². The minimum Gasteiger partial charge on any atom is -0.248 e. The van der Waals surface area contributed by atoms with Gasteiger partial charge in [-0.1, -0.05) is 6.07 Å². The van der Waals surface area contributed by atoms with Gasteiger partial charge in [-0.05, 0) is 39.7 Å². The molecule has 3 aromatic rings. The summed E-state index contributed by atoms with van der Waals surface area (Å²) in [7, 11) is 0. The molecule has 0 unspecified atom stereocenters. The minimum atomic E-state index is -0.827. The molecule has 0 N–H and O–H groups in total. The Morgan fingerprint density at radius 3 is 2.41 bits per heavy atom. The van der Waals surface area contributed by atoms with Crippen LogP contribution in [0.3, 0.4) is 0 Å². The van der Waals surface area contributed by atoms with E-state index >= 15 is 0 Å². The molecule has 0 saturated carbocycles. The van der Waals surface area contributed by atoms with E-state index in [2.05, 4.69) is 31.1 Å². The number of pyridine rings is 1. The van der Waals surface area contributed by atoms with Crippen molar-refractivity contribution in [3.8, 4) is 22.5 Å². The molecule has 3 nitrogen and oxygen atoms in total. The first kappa shape index (κ1) is 14.6. The van der Waals surface area contributed by atoms with Gasteiger partial charge in [0.1, 0.15) is 23.0 Å². The maximum Gasteiger partial charge on any atom is 0.154 e. The van der Waals surface area contributed by atoms with E-state index in [1.165, 1.54) is 12.3 Å². The Kier molecular flexibility index (Phi) is 3.89. The molecule has 0 aliphatic carbocycles. The van der Waals surface area contributed by atoms with E-state index in [9.17, 15) is 13.2 Å². The highest BCUT2D eigenvalue weighted by atomic mass is 79.9. The zero-order chi connectivity index (χ0) is 15.7. The average Bonchev–Trinajstić information content (AvgIpc) is 2.50. The van der Waals surface area contributed by atoms with E-state index in [-0.39, 0.29) is 11.4 Å². The fourth-order valence-electron chi connectivity index (χ4n) is 1.92. The van der Waals surface area contributed by atoms with Gasteiger partial charge in [0.2, 0.25) is 0 Å². The van der Waals surface area contributed by atoms with Crippen molar-refractivity contribution in [1.82, 2.24) is 15.2 Å². The molecule has 2 aromatic heterocycles.